The molecule has 0 aliphatic heterocycles. The summed E-state index contributed by atoms with van der Waals surface area (Å²) in [7, 11) is -2.00. The number of sulfonamides is 1. The molecule has 1 amide bonds. The van der Waals surface area contributed by atoms with E-state index >= 15 is 0 Å². The number of rotatable bonds is 8. The third kappa shape index (κ3) is 5.89. The SMILES string of the molecule is CCS(=O)(=O)Nc1ccc(NC(=O)COc2cc(C)ccc2C)cc1OC. The van der Waals surface area contributed by atoms with Gasteiger partial charge in [-0.15, -0.1) is 0 Å². The Morgan fingerprint density at radius 1 is 1.07 bits per heavy atom. The topological polar surface area (TPSA) is 93.7 Å². The number of hydrogen-bond acceptors (Lipinski definition) is 5. The maximum absolute atomic E-state index is 12.2. The van der Waals surface area contributed by atoms with Crippen molar-refractivity contribution in [3.05, 3.63) is 47.5 Å². The highest BCUT2D eigenvalue weighted by Gasteiger charge is 2.13. The smallest absolute Gasteiger partial charge is 0.262 e. The van der Waals surface area contributed by atoms with Gasteiger partial charge in [0.2, 0.25) is 10.0 Å². The predicted octanol–water partition coefficient (Wildman–Crippen LogP) is 3.09. The largest absolute Gasteiger partial charge is 0.494 e. The first-order chi connectivity index (χ1) is 12.7. The summed E-state index contributed by atoms with van der Waals surface area (Å²) in [6, 6.07) is 10.5. The van der Waals surface area contributed by atoms with Crippen molar-refractivity contribution < 1.29 is 22.7 Å². The first-order valence-electron chi connectivity index (χ1n) is 8.42. The average Bonchev–Trinajstić information content (AvgIpc) is 2.63. The van der Waals surface area contributed by atoms with Crippen LogP contribution in [-0.2, 0) is 14.8 Å². The molecule has 0 saturated carbocycles. The van der Waals surface area contributed by atoms with Gasteiger partial charge in [0.1, 0.15) is 11.5 Å². The van der Waals surface area contributed by atoms with Gasteiger partial charge in [-0.1, -0.05) is 12.1 Å². The molecule has 8 heteroatoms. The van der Waals surface area contributed by atoms with Crippen LogP contribution in [0, 0.1) is 13.8 Å². The molecule has 0 atom stereocenters. The number of hydrogen-bond donors (Lipinski definition) is 2. The van der Waals surface area contributed by atoms with E-state index in [2.05, 4.69) is 10.0 Å². The Morgan fingerprint density at radius 3 is 2.48 bits per heavy atom. The maximum atomic E-state index is 12.2. The Labute approximate surface area is 159 Å². The Bertz CT molecular complexity index is 926. The minimum absolute atomic E-state index is 0.0512. The summed E-state index contributed by atoms with van der Waals surface area (Å²) in [6.45, 7) is 5.26. The summed E-state index contributed by atoms with van der Waals surface area (Å²) in [5.74, 6) is 0.580. The molecule has 2 aromatic rings. The molecule has 0 saturated heterocycles. The van der Waals surface area contributed by atoms with E-state index in [0.717, 1.165) is 11.1 Å². The van der Waals surface area contributed by atoms with Gasteiger partial charge in [-0.3, -0.25) is 9.52 Å². The van der Waals surface area contributed by atoms with Crippen LogP contribution in [0.4, 0.5) is 11.4 Å². The van der Waals surface area contributed by atoms with Gasteiger partial charge in [0.15, 0.2) is 6.61 Å². The Hall–Kier alpha value is -2.74. The molecule has 0 aliphatic carbocycles. The van der Waals surface area contributed by atoms with Gasteiger partial charge in [0.05, 0.1) is 18.6 Å². The molecular weight excluding hydrogens is 368 g/mol. The lowest BCUT2D eigenvalue weighted by molar-refractivity contribution is -0.118. The highest BCUT2D eigenvalue weighted by molar-refractivity contribution is 7.92. The molecular formula is C19H24N2O5S. The molecule has 7 nitrogen and oxygen atoms in total. The van der Waals surface area contributed by atoms with Crippen molar-refractivity contribution >= 4 is 27.3 Å². The van der Waals surface area contributed by atoms with Gasteiger partial charge in [-0.2, -0.15) is 0 Å². The molecule has 2 N–H and O–H groups in total. The third-order valence-electron chi connectivity index (χ3n) is 3.83. The summed E-state index contributed by atoms with van der Waals surface area (Å²) in [5.41, 5.74) is 2.78. The summed E-state index contributed by atoms with van der Waals surface area (Å²) >= 11 is 0. The summed E-state index contributed by atoms with van der Waals surface area (Å²) in [6.07, 6.45) is 0. The van der Waals surface area contributed by atoms with Crippen LogP contribution in [-0.4, -0.2) is 33.8 Å². The number of carbonyl (C=O) groups is 1. The molecule has 0 aromatic heterocycles. The van der Waals surface area contributed by atoms with Crippen molar-refractivity contribution in [3.63, 3.8) is 0 Å². The van der Waals surface area contributed by atoms with Crippen LogP contribution >= 0.6 is 0 Å². The number of aryl methyl sites for hydroxylation is 2. The number of ether oxygens (including phenoxy) is 2. The van der Waals surface area contributed by atoms with Crippen LogP contribution < -0.4 is 19.5 Å². The quantitative estimate of drug-likeness (QED) is 0.720. The van der Waals surface area contributed by atoms with Crippen molar-refractivity contribution in [1.29, 1.82) is 0 Å². The second-order valence-corrected chi connectivity index (χ2v) is 8.04. The molecule has 0 bridgehead atoms. The molecule has 0 aliphatic rings. The highest BCUT2D eigenvalue weighted by atomic mass is 32.2. The minimum atomic E-state index is -3.43. The molecule has 2 rings (SSSR count). The van der Waals surface area contributed by atoms with Crippen molar-refractivity contribution in [2.75, 3.05) is 29.5 Å². The zero-order chi connectivity index (χ0) is 20.0. The number of methoxy groups -OCH3 is 1. The summed E-state index contributed by atoms with van der Waals surface area (Å²) in [4.78, 5) is 12.2. The van der Waals surface area contributed by atoms with Crippen LogP contribution in [0.15, 0.2) is 36.4 Å². The lowest BCUT2D eigenvalue weighted by Crippen LogP contribution is -2.20. The van der Waals surface area contributed by atoms with Gasteiger partial charge in [-0.25, -0.2) is 8.42 Å². The van der Waals surface area contributed by atoms with Crippen LogP contribution in [0.2, 0.25) is 0 Å². The Kier molecular flexibility index (Phi) is 6.68. The van der Waals surface area contributed by atoms with E-state index in [1.807, 2.05) is 32.0 Å². The van der Waals surface area contributed by atoms with E-state index in [4.69, 9.17) is 9.47 Å². The van der Waals surface area contributed by atoms with E-state index < -0.39 is 10.0 Å². The van der Waals surface area contributed by atoms with Crippen LogP contribution in [0.5, 0.6) is 11.5 Å². The zero-order valence-electron chi connectivity index (χ0n) is 15.8. The van der Waals surface area contributed by atoms with Gasteiger partial charge in [-0.05, 0) is 50.1 Å². The van der Waals surface area contributed by atoms with Gasteiger partial charge in [0, 0.05) is 11.8 Å². The van der Waals surface area contributed by atoms with Crippen molar-refractivity contribution in [1.82, 2.24) is 0 Å². The van der Waals surface area contributed by atoms with Crippen LogP contribution in [0.1, 0.15) is 18.1 Å². The molecule has 146 valence electrons. The van der Waals surface area contributed by atoms with E-state index in [0.29, 0.717) is 22.9 Å². The van der Waals surface area contributed by atoms with Gasteiger partial charge < -0.3 is 14.8 Å². The lowest BCUT2D eigenvalue weighted by Gasteiger charge is -2.14. The average molecular weight is 392 g/mol. The summed E-state index contributed by atoms with van der Waals surface area (Å²) in [5, 5.41) is 2.70. The number of carbonyl (C=O) groups excluding carboxylic acids is 1. The number of nitrogens with one attached hydrogen (secondary N) is 2. The molecule has 2 aromatic carbocycles. The lowest BCUT2D eigenvalue weighted by atomic mass is 10.1. The van der Waals surface area contributed by atoms with E-state index in [9.17, 15) is 13.2 Å². The van der Waals surface area contributed by atoms with E-state index in [1.165, 1.54) is 13.2 Å². The van der Waals surface area contributed by atoms with Crippen LogP contribution in [0.25, 0.3) is 0 Å². The van der Waals surface area contributed by atoms with E-state index in [-0.39, 0.29) is 18.3 Å². The fraction of sp³-hybridized carbons (Fsp3) is 0.316. The highest BCUT2D eigenvalue weighted by Crippen LogP contribution is 2.29. The second-order valence-electron chi connectivity index (χ2n) is 6.03. The molecule has 27 heavy (non-hydrogen) atoms. The fourth-order valence-corrected chi connectivity index (χ4v) is 2.94. The number of amides is 1. The number of benzene rings is 2. The second kappa shape index (κ2) is 8.77. The normalized spacial score (nSPS) is 11.0. The standard InChI is InChI=1S/C19H24N2O5S/c1-5-27(23,24)21-16-9-8-15(11-18(16)25-4)20-19(22)12-26-17-10-13(2)6-7-14(17)3/h6-11,21H,5,12H2,1-4H3,(H,20,22). The number of anilines is 2. The van der Waals surface area contributed by atoms with Gasteiger partial charge in [0.25, 0.3) is 5.91 Å². The summed E-state index contributed by atoms with van der Waals surface area (Å²) < 4.78 is 36.7. The molecule has 0 fully saturated rings. The van der Waals surface area contributed by atoms with Crippen molar-refractivity contribution in [3.8, 4) is 11.5 Å². The molecule has 0 unspecified atom stereocenters. The Morgan fingerprint density at radius 2 is 1.81 bits per heavy atom. The van der Waals surface area contributed by atoms with Gasteiger partial charge >= 0.3 is 0 Å². The predicted molar refractivity (Wildman–Crippen MR) is 106 cm³/mol. The van der Waals surface area contributed by atoms with Crippen molar-refractivity contribution in [2.24, 2.45) is 0 Å². The molecule has 0 heterocycles. The Balaban J connectivity index is 2.04. The van der Waals surface area contributed by atoms with Crippen molar-refractivity contribution in [2.45, 2.75) is 20.8 Å². The maximum Gasteiger partial charge on any atom is 0.262 e. The third-order valence-corrected chi connectivity index (χ3v) is 5.12. The molecule has 0 spiro atoms. The monoisotopic (exact) mass is 392 g/mol. The fourth-order valence-electron chi connectivity index (χ4n) is 2.30. The van der Waals surface area contributed by atoms with Crippen LogP contribution in [0.3, 0.4) is 0 Å². The minimum Gasteiger partial charge on any atom is -0.494 e. The first kappa shape index (κ1) is 20.6. The molecule has 0 radical (unpaired) electrons. The first-order valence-corrected chi connectivity index (χ1v) is 10.1. The zero-order valence-corrected chi connectivity index (χ0v) is 16.6. The van der Waals surface area contributed by atoms with E-state index in [1.54, 1.807) is 19.1 Å².